The number of carbonyl (C=O) groups is 1. The Kier molecular flexibility index (Phi) is 4.77. The van der Waals surface area contributed by atoms with Gasteiger partial charge in [0.25, 0.3) is 0 Å². The van der Waals surface area contributed by atoms with E-state index in [9.17, 15) is 4.79 Å². The number of nitrogens with two attached hydrogens (primary N) is 1. The number of rotatable bonds is 4. The van der Waals surface area contributed by atoms with Crippen LogP contribution < -0.4 is 10.5 Å². The number of anilines is 1. The Balaban J connectivity index is 2.20. The number of ketones is 1. The van der Waals surface area contributed by atoms with Crippen LogP contribution in [0.15, 0.2) is 42.5 Å². The summed E-state index contributed by atoms with van der Waals surface area (Å²) in [6, 6.07) is 12.2. The van der Waals surface area contributed by atoms with E-state index in [4.69, 9.17) is 22.1 Å². The largest absolute Gasteiger partial charge is 0.456 e. The molecule has 0 saturated carbocycles. The number of nitrogen functional groups attached to an aromatic ring is 1. The molecule has 0 aliphatic carbocycles. The first-order valence-electron chi connectivity index (χ1n) is 7.11. The minimum atomic E-state index is -0.0474. The van der Waals surface area contributed by atoms with Crippen molar-refractivity contribution in [2.24, 2.45) is 5.41 Å². The molecular weight excluding hydrogens is 298 g/mol. The van der Waals surface area contributed by atoms with Crippen LogP contribution in [0, 0.1) is 5.41 Å². The molecule has 4 heteroatoms. The molecule has 2 aromatic carbocycles. The fraction of sp³-hybridized carbons (Fsp3) is 0.278. The van der Waals surface area contributed by atoms with Gasteiger partial charge in [0.2, 0.25) is 0 Å². The molecule has 0 atom stereocenters. The quantitative estimate of drug-likeness (QED) is 0.612. The van der Waals surface area contributed by atoms with Gasteiger partial charge in [0, 0.05) is 17.7 Å². The number of halogens is 1. The Labute approximate surface area is 136 Å². The van der Waals surface area contributed by atoms with Gasteiger partial charge in [-0.25, -0.2) is 0 Å². The van der Waals surface area contributed by atoms with Crippen LogP contribution in [0.4, 0.5) is 5.69 Å². The van der Waals surface area contributed by atoms with Crippen molar-refractivity contribution in [3.05, 3.63) is 53.1 Å². The molecule has 0 aliphatic heterocycles. The summed E-state index contributed by atoms with van der Waals surface area (Å²) in [5.74, 6) is 1.18. The number of hydrogen-bond acceptors (Lipinski definition) is 3. The van der Waals surface area contributed by atoms with Crippen LogP contribution in [0.5, 0.6) is 11.5 Å². The Morgan fingerprint density at radius 2 is 1.91 bits per heavy atom. The predicted molar refractivity (Wildman–Crippen MR) is 90.8 cm³/mol. The molecule has 2 aromatic rings. The van der Waals surface area contributed by atoms with Crippen LogP contribution >= 0.6 is 11.6 Å². The van der Waals surface area contributed by atoms with Crippen molar-refractivity contribution in [3.8, 4) is 11.5 Å². The van der Waals surface area contributed by atoms with Gasteiger partial charge < -0.3 is 10.5 Å². The second-order valence-corrected chi connectivity index (χ2v) is 6.89. The lowest BCUT2D eigenvalue weighted by atomic mass is 9.88. The summed E-state index contributed by atoms with van der Waals surface area (Å²) in [6.07, 6.45) is 0.485. The Hall–Kier alpha value is -2.00. The zero-order valence-corrected chi connectivity index (χ0v) is 13.8. The fourth-order valence-electron chi connectivity index (χ4n) is 2.04. The fourth-order valence-corrected chi connectivity index (χ4v) is 2.27. The first-order chi connectivity index (χ1) is 10.2. The topological polar surface area (TPSA) is 52.3 Å². The molecule has 0 aliphatic rings. The number of hydrogen-bond donors (Lipinski definition) is 1. The van der Waals surface area contributed by atoms with Crippen molar-refractivity contribution in [2.75, 3.05) is 5.73 Å². The molecule has 0 saturated heterocycles. The monoisotopic (exact) mass is 317 g/mol. The number of ether oxygens (including phenoxy) is 1. The third-order valence-electron chi connectivity index (χ3n) is 3.03. The summed E-state index contributed by atoms with van der Waals surface area (Å²) in [7, 11) is 0. The highest BCUT2D eigenvalue weighted by Crippen LogP contribution is 2.31. The van der Waals surface area contributed by atoms with Gasteiger partial charge in [-0.2, -0.15) is 0 Å². The maximum atomic E-state index is 12.3. The Morgan fingerprint density at radius 1 is 1.18 bits per heavy atom. The van der Waals surface area contributed by atoms with E-state index in [1.165, 1.54) is 0 Å². The zero-order chi connectivity index (χ0) is 16.3. The van der Waals surface area contributed by atoms with Crippen molar-refractivity contribution in [1.82, 2.24) is 0 Å². The Bertz CT molecular complexity index is 690. The lowest BCUT2D eigenvalue weighted by molar-refractivity contribution is 0.0939. The average Bonchev–Trinajstić information content (AvgIpc) is 2.40. The highest BCUT2D eigenvalue weighted by atomic mass is 35.5. The second kappa shape index (κ2) is 6.41. The molecule has 0 bridgehead atoms. The summed E-state index contributed by atoms with van der Waals surface area (Å²) in [5, 5.41) is 0.437. The predicted octanol–water partition coefficient (Wildman–Crippen LogP) is 5.33. The summed E-state index contributed by atoms with van der Waals surface area (Å²) >= 11 is 6.10. The molecule has 0 fully saturated rings. The van der Waals surface area contributed by atoms with Gasteiger partial charge in [0.05, 0.1) is 5.02 Å². The lowest BCUT2D eigenvalue weighted by Crippen LogP contribution is -2.13. The average molecular weight is 318 g/mol. The van der Waals surface area contributed by atoms with Crippen LogP contribution in [-0.4, -0.2) is 5.78 Å². The standard InChI is InChI=1S/C18H20ClNO2/c1-18(2,3)11-16(21)12-5-4-6-14(9-12)22-17-8-7-13(20)10-15(17)19/h4-10H,11,20H2,1-3H3. The summed E-state index contributed by atoms with van der Waals surface area (Å²) < 4.78 is 5.75. The van der Waals surface area contributed by atoms with Crippen molar-refractivity contribution in [3.63, 3.8) is 0 Å². The van der Waals surface area contributed by atoms with E-state index < -0.39 is 0 Å². The summed E-state index contributed by atoms with van der Waals surface area (Å²) in [6.45, 7) is 6.12. The van der Waals surface area contributed by atoms with Gasteiger partial charge in [0.1, 0.15) is 11.5 Å². The van der Waals surface area contributed by atoms with Gasteiger partial charge >= 0.3 is 0 Å². The Morgan fingerprint density at radius 3 is 2.55 bits per heavy atom. The maximum Gasteiger partial charge on any atom is 0.163 e. The van der Waals surface area contributed by atoms with Crippen molar-refractivity contribution in [1.29, 1.82) is 0 Å². The summed E-state index contributed by atoms with van der Waals surface area (Å²) in [4.78, 5) is 12.3. The van der Waals surface area contributed by atoms with E-state index in [1.54, 1.807) is 42.5 Å². The highest BCUT2D eigenvalue weighted by Gasteiger charge is 2.17. The van der Waals surface area contributed by atoms with Crippen LogP contribution in [0.25, 0.3) is 0 Å². The van der Waals surface area contributed by atoms with E-state index in [0.29, 0.717) is 34.2 Å². The van der Waals surface area contributed by atoms with Crippen LogP contribution in [0.2, 0.25) is 5.02 Å². The molecule has 2 rings (SSSR count). The molecule has 0 amide bonds. The molecule has 0 radical (unpaired) electrons. The number of carbonyl (C=O) groups excluding carboxylic acids is 1. The summed E-state index contributed by atoms with van der Waals surface area (Å²) in [5.41, 5.74) is 6.82. The maximum absolute atomic E-state index is 12.3. The van der Waals surface area contributed by atoms with E-state index in [-0.39, 0.29) is 11.2 Å². The lowest BCUT2D eigenvalue weighted by Gasteiger charge is -2.17. The molecule has 0 unspecified atom stereocenters. The van der Waals surface area contributed by atoms with E-state index in [2.05, 4.69) is 0 Å². The van der Waals surface area contributed by atoms with E-state index >= 15 is 0 Å². The second-order valence-electron chi connectivity index (χ2n) is 6.48. The third kappa shape index (κ3) is 4.50. The number of benzene rings is 2. The van der Waals surface area contributed by atoms with Crippen LogP contribution in [0.1, 0.15) is 37.6 Å². The van der Waals surface area contributed by atoms with Crippen LogP contribution in [-0.2, 0) is 0 Å². The number of Topliss-reactive ketones (excluding diaryl/α,β-unsaturated/α-hetero) is 1. The SMILES string of the molecule is CC(C)(C)CC(=O)c1cccc(Oc2ccc(N)cc2Cl)c1. The first-order valence-corrected chi connectivity index (χ1v) is 7.48. The van der Waals surface area contributed by atoms with Crippen molar-refractivity contribution < 1.29 is 9.53 Å². The van der Waals surface area contributed by atoms with E-state index in [1.807, 2.05) is 20.8 Å². The molecule has 116 valence electrons. The molecule has 0 spiro atoms. The first kappa shape index (κ1) is 16.4. The van der Waals surface area contributed by atoms with Crippen molar-refractivity contribution >= 4 is 23.1 Å². The molecular formula is C18H20ClNO2. The highest BCUT2D eigenvalue weighted by molar-refractivity contribution is 6.32. The van der Waals surface area contributed by atoms with Gasteiger partial charge in [0.15, 0.2) is 5.78 Å². The third-order valence-corrected chi connectivity index (χ3v) is 3.33. The van der Waals surface area contributed by atoms with Gasteiger partial charge in [-0.15, -0.1) is 0 Å². The molecule has 3 nitrogen and oxygen atoms in total. The smallest absolute Gasteiger partial charge is 0.163 e. The van der Waals surface area contributed by atoms with E-state index in [0.717, 1.165) is 0 Å². The molecule has 22 heavy (non-hydrogen) atoms. The van der Waals surface area contributed by atoms with Gasteiger partial charge in [-0.05, 0) is 35.7 Å². The normalized spacial score (nSPS) is 11.3. The van der Waals surface area contributed by atoms with Crippen molar-refractivity contribution in [2.45, 2.75) is 27.2 Å². The molecule has 0 aromatic heterocycles. The minimum Gasteiger partial charge on any atom is -0.456 e. The molecule has 2 N–H and O–H groups in total. The van der Waals surface area contributed by atoms with Crippen LogP contribution in [0.3, 0.4) is 0 Å². The molecule has 0 heterocycles. The minimum absolute atomic E-state index is 0.0474. The van der Waals surface area contributed by atoms with Gasteiger partial charge in [-0.1, -0.05) is 44.5 Å². The zero-order valence-electron chi connectivity index (χ0n) is 13.0. The van der Waals surface area contributed by atoms with Gasteiger partial charge in [-0.3, -0.25) is 4.79 Å².